The summed E-state index contributed by atoms with van der Waals surface area (Å²) in [4.78, 5) is 51.7. The number of aliphatic hydroxyl groups excluding tert-OH is 2. The first kappa shape index (κ1) is 25.2. The maximum Gasteiger partial charge on any atom is 0.303 e. The maximum absolute atomic E-state index is 14.0. The van der Waals surface area contributed by atoms with Crippen LogP contribution in [0.2, 0.25) is 0 Å². The number of rotatable bonds is 4. The Balaban J connectivity index is 1.91. The third kappa shape index (κ3) is 2.89. The Hall–Kier alpha value is -1.86. The van der Waals surface area contributed by atoms with Crippen LogP contribution in [0, 0.1) is 39.4 Å². The Morgan fingerprint density at radius 3 is 2.26 bits per heavy atom. The quantitative estimate of drug-likeness (QED) is 0.571. The summed E-state index contributed by atoms with van der Waals surface area (Å²) < 4.78 is 0. The van der Waals surface area contributed by atoms with E-state index in [2.05, 4.69) is 0 Å². The molecule has 0 amide bonds. The number of carboxylic acids is 1. The van der Waals surface area contributed by atoms with Gasteiger partial charge in [-0.15, -0.1) is 0 Å². The van der Waals surface area contributed by atoms with Gasteiger partial charge in [-0.25, -0.2) is 0 Å². The van der Waals surface area contributed by atoms with E-state index in [1.165, 1.54) is 0 Å². The second-order valence-corrected chi connectivity index (χ2v) is 12.5. The van der Waals surface area contributed by atoms with E-state index < -0.39 is 45.6 Å². The molecule has 0 radical (unpaired) electrons. The third-order valence-corrected chi connectivity index (χ3v) is 10.8. The Morgan fingerprint density at radius 2 is 1.68 bits per heavy atom. The Kier molecular flexibility index (Phi) is 5.62. The van der Waals surface area contributed by atoms with Gasteiger partial charge in [0.25, 0.3) is 0 Å². The predicted molar refractivity (Wildman–Crippen MR) is 124 cm³/mol. The summed E-state index contributed by atoms with van der Waals surface area (Å²) in [6.45, 7) is 11.1. The standard InChI is InChI=1S/C27H38O7/c1-13(7-8-19(31)32)14-11-18(30)27(6)20-15(28)12-16-24(2,3)17(29)9-10-25(16,4)21(20)22(33)23(34)26(14,27)5/h13-16,23,28,34H,7-12H2,1-6H3,(H,31,32). The molecule has 0 heterocycles. The number of aliphatic hydroxyl groups is 2. The van der Waals surface area contributed by atoms with Crippen molar-refractivity contribution in [2.45, 2.75) is 92.3 Å². The molecule has 2 saturated carbocycles. The largest absolute Gasteiger partial charge is 0.481 e. The molecule has 0 aromatic carbocycles. The minimum atomic E-state index is -1.44. The Labute approximate surface area is 201 Å². The normalized spacial score (nSPS) is 44.4. The molecule has 0 bridgehead atoms. The molecule has 7 nitrogen and oxygen atoms in total. The molecular weight excluding hydrogens is 436 g/mol. The van der Waals surface area contributed by atoms with E-state index in [4.69, 9.17) is 5.11 Å². The maximum atomic E-state index is 14.0. The average molecular weight is 475 g/mol. The first-order valence-corrected chi connectivity index (χ1v) is 12.5. The van der Waals surface area contributed by atoms with Crippen molar-refractivity contribution in [1.29, 1.82) is 0 Å². The number of aliphatic carboxylic acids is 1. The molecule has 8 atom stereocenters. The summed E-state index contributed by atoms with van der Waals surface area (Å²) in [6, 6.07) is 0. The van der Waals surface area contributed by atoms with Crippen molar-refractivity contribution in [3.8, 4) is 0 Å². The molecule has 4 rings (SSSR count). The average Bonchev–Trinajstić information content (AvgIpc) is 2.97. The van der Waals surface area contributed by atoms with Gasteiger partial charge >= 0.3 is 5.97 Å². The van der Waals surface area contributed by atoms with Crippen molar-refractivity contribution in [2.75, 3.05) is 0 Å². The number of hydrogen-bond donors (Lipinski definition) is 3. The second kappa shape index (κ2) is 7.57. The number of carboxylic acid groups (broad SMARTS) is 1. The van der Waals surface area contributed by atoms with E-state index >= 15 is 0 Å². The Bertz CT molecular complexity index is 1010. The zero-order chi connectivity index (χ0) is 25.6. The van der Waals surface area contributed by atoms with Gasteiger partial charge in [-0.2, -0.15) is 0 Å². The molecule has 0 aliphatic heterocycles. The number of ketones is 3. The number of carbonyl (C=O) groups is 4. The summed E-state index contributed by atoms with van der Waals surface area (Å²) in [5, 5.41) is 32.2. The molecule has 188 valence electrons. The van der Waals surface area contributed by atoms with Gasteiger partial charge in [0.2, 0.25) is 0 Å². The molecule has 3 N–H and O–H groups in total. The zero-order valence-electron chi connectivity index (χ0n) is 21.1. The second-order valence-electron chi connectivity index (χ2n) is 12.5. The molecule has 34 heavy (non-hydrogen) atoms. The van der Waals surface area contributed by atoms with Crippen LogP contribution in [0.15, 0.2) is 11.1 Å². The molecule has 2 fully saturated rings. The van der Waals surface area contributed by atoms with Crippen molar-refractivity contribution >= 4 is 23.3 Å². The van der Waals surface area contributed by atoms with Gasteiger partial charge in [-0.3, -0.25) is 19.2 Å². The molecule has 0 saturated heterocycles. The monoisotopic (exact) mass is 474 g/mol. The van der Waals surface area contributed by atoms with Crippen LogP contribution in [0.3, 0.4) is 0 Å². The van der Waals surface area contributed by atoms with Crippen LogP contribution in [0.4, 0.5) is 0 Å². The number of carbonyl (C=O) groups excluding carboxylic acids is 3. The van der Waals surface area contributed by atoms with Crippen molar-refractivity contribution in [2.24, 2.45) is 39.4 Å². The van der Waals surface area contributed by atoms with Gasteiger partial charge < -0.3 is 15.3 Å². The van der Waals surface area contributed by atoms with Crippen LogP contribution in [0.1, 0.15) is 80.1 Å². The van der Waals surface area contributed by atoms with Crippen molar-refractivity contribution in [1.82, 2.24) is 0 Å². The minimum Gasteiger partial charge on any atom is -0.481 e. The highest BCUT2D eigenvalue weighted by atomic mass is 16.4. The fraction of sp³-hybridized carbons (Fsp3) is 0.778. The predicted octanol–water partition coefficient (Wildman–Crippen LogP) is 3.11. The number of fused-ring (bicyclic) bond motifs is 4. The van der Waals surface area contributed by atoms with Gasteiger partial charge in [-0.05, 0) is 49.5 Å². The third-order valence-electron chi connectivity index (χ3n) is 10.8. The molecule has 0 aromatic heterocycles. The smallest absolute Gasteiger partial charge is 0.303 e. The first-order valence-electron chi connectivity index (χ1n) is 12.5. The van der Waals surface area contributed by atoms with E-state index in [0.29, 0.717) is 30.4 Å². The van der Waals surface area contributed by atoms with E-state index in [9.17, 15) is 29.4 Å². The molecular formula is C27H38O7. The lowest BCUT2D eigenvalue weighted by Crippen LogP contribution is -2.64. The lowest BCUT2D eigenvalue weighted by atomic mass is 9.42. The summed E-state index contributed by atoms with van der Waals surface area (Å²) in [5.41, 5.74) is -3.04. The minimum absolute atomic E-state index is 0.0534. The van der Waals surface area contributed by atoms with E-state index in [-0.39, 0.29) is 48.6 Å². The van der Waals surface area contributed by atoms with Crippen molar-refractivity contribution in [3.63, 3.8) is 0 Å². The topological polar surface area (TPSA) is 129 Å². The van der Waals surface area contributed by atoms with Crippen LogP contribution >= 0.6 is 0 Å². The van der Waals surface area contributed by atoms with Gasteiger partial charge in [0.15, 0.2) is 5.78 Å². The van der Waals surface area contributed by atoms with Crippen LogP contribution < -0.4 is 0 Å². The van der Waals surface area contributed by atoms with Crippen LogP contribution in [0.25, 0.3) is 0 Å². The van der Waals surface area contributed by atoms with Gasteiger partial charge in [0.1, 0.15) is 17.7 Å². The number of Topliss-reactive ketones (excluding diaryl/α,β-unsaturated/α-hetero) is 3. The summed E-state index contributed by atoms with van der Waals surface area (Å²) in [7, 11) is 0. The number of hydrogen-bond acceptors (Lipinski definition) is 6. The summed E-state index contributed by atoms with van der Waals surface area (Å²) >= 11 is 0. The molecule has 7 heteroatoms. The van der Waals surface area contributed by atoms with Crippen LogP contribution in [-0.4, -0.2) is 50.8 Å². The molecule has 0 spiro atoms. The van der Waals surface area contributed by atoms with Gasteiger partial charge in [-0.1, -0.05) is 34.6 Å². The fourth-order valence-electron chi connectivity index (χ4n) is 8.48. The molecule has 4 aliphatic carbocycles. The molecule has 0 aromatic rings. The van der Waals surface area contributed by atoms with Crippen LogP contribution in [0.5, 0.6) is 0 Å². The molecule has 4 aliphatic rings. The highest BCUT2D eigenvalue weighted by molar-refractivity contribution is 6.08. The fourth-order valence-corrected chi connectivity index (χ4v) is 8.48. The lowest BCUT2D eigenvalue weighted by Gasteiger charge is -2.61. The molecule has 8 unspecified atom stereocenters. The van der Waals surface area contributed by atoms with Gasteiger partial charge in [0.05, 0.1) is 11.5 Å². The highest BCUT2D eigenvalue weighted by Gasteiger charge is 2.73. The first-order chi connectivity index (χ1) is 15.6. The summed E-state index contributed by atoms with van der Waals surface area (Å²) in [5.74, 6) is -2.25. The van der Waals surface area contributed by atoms with E-state index in [1.54, 1.807) is 13.8 Å². The van der Waals surface area contributed by atoms with Crippen molar-refractivity contribution < 1.29 is 34.5 Å². The zero-order valence-corrected chi connectivity index (χ0v) is 21.1. The van der Waals surface area contributed by atoms with Crippen LogP contribution in [-0.2, 0) is 19.2 Å². The summed E-state index contributed by atoms with van der Waals surface area (Å²) in [6.07, 6.45) is -1.04. The SMILES string of the molecule is CC(CCC(=O)O)C1CC(=O)C2(C)C3=C(C(=O)C(O)C12C)C1(C)CCC(=O)C(C)(C)C1CC3O. The Morgan fingerprint density at radius 1 is 1.06 bits per heavy atom. The van der Waals surface area contributed by atoms with Gasteiger partial charge in [0, 0.05) is 41.1 Å². The highest BCUT2D eigenvalue weighted by Crippen LogP contribution is 2.70. The van der Waals surface area contributed by atoms with Crippen molar-refractivity contribution in [3.05, 3.63) is 11.1 Å². The lowest BCUT2D eigenvalue weighted by molar-refractivity contribution is -0.158. The van der Waals surface area contributed by atoms with E-state index in [1.807, 2.05) is 27.7 Å². The van der Waals surface area contributed by atoms with E-state index in [0.717, 1.165) is 0 Å².